The molecule has 0 N–H and O–H groups in total. The third kappa shape index (κ3) is 5.44. The number of hydrogen-bond donors (Lipinski definition) is 0. The molecule has 346 valence electrons. The molecule has 0 unspecified atom stereocenters. The number of aryl methyl sites for hydroxylation is 5. The van der Waals surface area contributed by atoms with Crippen LogP contribution in [0, 0.1) is 34.6 Å². The van der Waals surface area contributed by atoms with Crippen LogP contribution >= 0.6 is 0 Å². The zero-order valence-corrected chi connectivity index (χ0v) is 42.6. The van der Waals surface area contributed by atoms with Gasteiger partial charge in [-0.3, -0.25) is 0 Å². The lowest BCUT2D eigenvalue weighted by Crippen LogP contribution is -2.24. The number of nitrogens with zero attached hydrogens (tertiary/aromatic N) is 1. The van der Waals surface area contributed by atoms with Crippen molar-refractivity contribution in [3.8, 4) is 44.5 Å². The van der Waals surface area contributed by atoms with Gasteiger partial charge in [-0.15, -0.1) is 0 Å². The molecule has 0 atom stereocenters. The maximum Gasteiger partial charge on any atom is 0.144 e. The Labute approximate surface area is 416 Å². The topological polar surface area (TPSA) is 29.5 Å². The van der Waals surface area contributed by atoms with Gasteiger partial charge in [0.25, 0.3) is 0 Å². The first-order valence-electron chi connectivity index (χ1n) is 25.4. The van der Waals surface area contributed by atoms with E-state index in [0.29, 0.717) is 0 Å². The molecule has 3 heteroatoms. The predicted molar refractivity (Wildman–Crippen MR) is 297 cm³/mol. The monoisotopic (exact) mass is 919 g/mol. The van der Waals surface area contributed by atoms with E-state index in [0.717, 1.165) is 44.7 Å². The minimum atomic E-state index is -0.326. The maximum atomic E-state index is 7.01. The van der Waals surface area contributed by atoms with E-state index in [1.54, 1.807) is 0 Å². The van der Waals surface area contributed by atoms with Crippen LogP contribution in [0.25, 0.3) is 88.4 Å². The molecule has 14 rings (SSSR count). The average molecular weight is 920 g/mol. The molecular weight excluding hydrogens is 863 g/mol. The van der Waals surface area contributed by atoms with Gasteiger partial charge in [-0.25, -0.2) is 0 Å². The van der Waals surface area contributed by atoms with Gasteiger partial charge < -0.3 is 13.7 Å². The number of rotatable bonds is 4. The van der Waals surface area contributed by atoms with E-state index in [-0.39, 0.29) is 16.2 Å². The number of para-hydroxylation sites is 2. The Morgan fingerprint density at radius 2 is 0.873 bits per heavy atom. The fourth-order valence-corrected chi connectivity index (χ4v) is 14.1. The third-order valence-electron chi connectivity index (χ3n) is 17.2. The van der Waals surface area contributed by atoms with Gasteiger partial charge in [0.2, 0.25) is 0 Å². The highest BCUT2D eigenvalue weighted by Gasteiger charge is 2.49. The van der Waals surface area contributed by atoms with Crippen LogP contribution in [-0.4, -0.2) is 0 Å². The highest BCUT2D eigenvalue weighted by atomic mass is 16.3. The molecule has 3 aliphatic rings. The second-order valence-corrected chi connectivity index (χ2v) is 22.7. The summed E-state index contributed by atoms with van der Waals surface area (Å²) in [5, 5.41) is 4.76. The Kier molecular flexibility index (Phi) is 8.36. The Balaban J connectivity index is 1.00. The molecule has 0 bridgehead atoms. The van der Waals surface area contributed by atoms with Crippen LogP contribution in [0.3, 0.4) is 0 Å². The van der Waals surface area contributed by atoms with Gasteiger partial charge in [0.05, 0.1) is 5.69 Å². The van der Waals surface area contributed by atoms with Crippen molar-refractivity contribution in [2.45, 2.75) is 92.4 Å². The third-order valence-corrected chi connectivity index (χ3v) is 17.2. The molecule has 2 aromatic heterocycles. The number of anilines is 3. The maximum absolute atomic E-state index is 7.01. The lowest BCUT2D eigenvalue weighted by molar-refractivity contribution is 0.600. The first-order valence-corrected chi connectivity index (χ1v) is 25.4. The molecule has 9 aromatic carbocycles. The molecule has 0 saturated heterocycles. The van der Waals surface area contributed by atoms with Crippen LogP contribution < -0.4 is 4.90 Å². The normalized spacial score (nSPS) is 15.3. The van der Waals surface area contributed by atoms with Crippen LogP contribution in [0.15, 0.2) is 154 Å². The fourth-order valence-electron chi connectivity index (χ4n) is 14.1. The molecule has 0 fully saturated rings. The Morgan fingerprint density at radius 1 is 0.366 bits per heavy atom. The van der Waals surface area contributed by atoms with Crippen LogP contribution in [-0.2, 0) is 16.2 Å². The SMILES string of the molecule is Cc1ccc(-c2cc3c(c4c2oc2ccccc24)-c2ccc(N(c4ccc5c(c4)C(C)(C)c4c6c(c7oc8ccccc8c7c4-5)-c4ccccc4C6(C)C)c4c(C)cc(C)cc4C)cc2C3(C)C)c(C)c1. The second kappa shape index (κ2) is 14.0. The first kappa shape index (κ1) is 42.3. The van der Waals surface area contributed by atoms with Crippen molar-refractivity contribution in [3.05, 3.63) is 207 Å². The molecule has 0 radical (unpaired) electrons. The van der Waals surface area contributed by atoms with E-state index in [1.807, 2.05) is 0 Å². The van der Waals surface area contributed by atoms with Crippen molar-refractivity contribution in [1.29, 1.82) is 0 Å². The number of furan rings is 2. The number of hydrogen-bond acceptors (Lipinski definition) is 3. The van der Waals surface area contributed by atoms with Crippen LogP contribution in [0.1, 0.15) is 103 Å². The van der Waals surface area contributed by atoms with Crippen molar-refractivity contribution in [3.63, 3.8) is 0 Å². The molecule has 3 aliphatic carbocycles. The van der Waals surface area contributed by atoms with Crippen molar-refractivity contribution < 1.29 is 8.83 Å². The smallest absolute Gasteiger partial charge is 0.144 e. The average Bonchev–Trinajstić information content (AvgIpc) is 4.10. The molecule has 71 heavy (non-hydrogen) atoms. The zero-order chi connectivity index (χ0) is 48.8. The molecular formula is C68H57NO2. The zero-order valence-electron chi connectivity index (χ0n) is 42.6. The summed E-state index contributed by atoms with van der Waals surface area (Å²) in [6.07, 6.45) is 0. The van der Waals surface area contributed by atoms with Gasteiger partial charge >= 0.3 is 0 Å². The molecule has 11 aromatic rings. The van der Waals surface area contributed by atoms with E-state index in [9.17, 15) is 0 Å². The summed E-state index contributed by atoms with van der Waals surface area (Å²) < 4.78 is 13.9. The van der Waals surface area contributed by atoms with Crippen LogP contribution in [0.2, 0.25) is 0 Å². The minimum Gasteiger partial charge on any atom is -0.455 e. The van der Waals surface area contributed by atoms with Gasteiger partial charge in [0.15, 0.2) is 0 Å². The van der Waals surface area contributed by atoms with Crippen LogP contribution in [0.5, 0.6) is 0 Å². The van der Waals surface area contributed by atoms with Crippen molar-refractivity contribution in [2.75, 3.05) is 4.90 Å². The van der Waals surface area contributed by atoms with Gasteiger partial charge in [0, 0.05) is 60.3 Å². The minimum absolute atomic E-state index is 0.226. The van der Waals surface area contributed by atoms with E-state index in [2.05, 4.69) is 227 Å². The summed E-state index contributed by atoms with van der Waals surface area (Å²) in [6, 6.07) is 54.8. The van der Waals surface area contributed by atoms with Crippen molar-refractivity contribution >= 4 is 60.9 Å². The van der Waals surface area contributed by atoms with Gasteiger partial charge in [-0.2, -0.15) is 0 Å². The molecule has 2 heterocycles. The highest BCUT2D eigenvalue weighted by molar-refractivity contribution is 6.21. The summed E-state index contributed by atoms with van der Waals surface area (Å²) >= 11 is 0. The molecule has 3 nitrogen and oxygen atoms in total. The van der Waals surface area contributed by atoms with E-state index < -0.39 is 0 Å². The number of benzene rings is 9. The van der Waals surface area contributed by atoms with Gasteiger partial charge in [-0.1, -0.05) is 156 Å². The van der Waals surface area contributed by atoms with E-state index in [1.165, 1.54) is 122 Å². The summed E-state index contributed by atoms with van der Waals surface area (Å²) in [7, 11) is 0. The summed E-state index contributed by atoms with van der Waals surface area (Å²) in [6.45, 7) is 25.8. The highest BCUT2D eigenvalue weighted by Crippen LogP contribution is 2.64. The van der Waals surface area contributed by atoms with Gasteiger partial charge in [-0.05, 0) is 161 Å². The van der Waals surface area contributed by atoms with E-state index >= 15 is 0 Å². The Hall–Kier alpha value is -7.62. The lowest BCUT2D eigenvalue weighted by atomic mass is 9.72. The molecule has 0 spiro atoms. The predicted octanol–water partition coefficient (Wildman–Crippen LogP) is 19.1. The summed E-state index contributed by atoms with van der Waals surface area (Å²) in [5.41, 5.74) is 31.0. The standard InChI is InChI=1S/C68H57NO2/c1-36-24-27-43(38(3)30-36)49-35-53-56(58-47-19-13-16-22-54(47)70-64(49)58)45-28-25-41(33-51(45)66(53,6)7)69(63-39(4)31-37(2)32-40(63)5)42-26-29-46-52(34-42)68(10,11)61-57(46)59-48-20-14-17-23-55(48)71-65(59)60-44-18-12-15-21-50(44)67(8,9)62(60)61/h12-35H,1-11H3. The molecule has 0 saturated carbocycles. The van der Waals surface area contributed by atoms with E-state index in [4.69, 9.17) is 8.83 Å². The van der Waals surface area contributed by atoms with Crippen LogP contribution in [0.4, 0.5) is 17.1 Å². The quantitative estimate of drug-likeness (QED) is 0.176. The summed E-state index contributed by atoms with van der Waals surface area (Å²) in [4.78, 5) is 2.56. The lowest BCUT2D eigenvalue weighted by Gasteiger charge is -2.33. The number of fused-ring (bicyclic) bond motifs is 19. The van der Waals surface area contributed by atoms with Gasteiger partial charge in [0.1, 0.15) is 22.3 Å². The van der Waals surface area contributed by atoms with Crippen molar-refractivity contribution in [2.24, 2.45) is 0 Å². The van der Waals surface area contributed by atoms with Crippen molar-refractivity contribution in [1.82, 2.24) is 0 Å². The second-order valence-electron chi connectivity index (χ2n) is 22.7. The largest absolute Gasteiger partial charge is 0.455 e. The molecule has 0 amide bonds. The first-order chi connectivity index (χ1) is 34.0. The fraction of sp³-hybridized carbons (Fsp3) is 0.206. The Bertz CT molecular complexity index is 4180. The Morgan fingerprint density at radius 3 is 1.54 bits per heavy atom. The molecule has 0 aliphatic heterocycles. The summed E-state index contributed by atoms with van der Waals surface area (Å²) in [5.74, 6) is 0.